The number of nitrogens with zero attached hydrogens (tertiary/aromatic N) is 2. The number of rotatable bonds is 5. The molecule has 1 aromatic carbocycles. The summed E-state index contributed by atoms with van der Waals surface area (Å²) in [6.07, 6.45) is 1.67. The molecule has 2 rings (SSSR count). The van der Waals surface area contributed by atoms with Crippen LogP contribution in [0.2, 0.25) is 0 Å². The van der Waals surface area contributed by atoms with Crippen molar-refractivity contribution < 1.29 is 9.13 Å². The minimum atomic E-state index is -0.314. The van der Waals surface area contributed by atoms with Crippen LogP contribution in [0.3, 0.4) is 0 Å². The molecule has 4 nitrogen and oxygen atoms in total. The van der Waals surface area contributed by atoms with Gasteiger partial charge in [-0.1, -0.05) is 12.1 Å². The van der Waals surface area contributed by atoms with E-state index in [4.69, 9.17) is 4.74 Å². The van der Waals surface area contributed by atoms with E-state index in [0.29, 0.717) is 11.3 Å². The summed E-state index contributed by atoms with van der Waals surface area (Å²) in [7, 11) is 3.41. The fourth-order valence-corrected chi connectivity index (χ4v) is 2.50. The second-order valence-corrected chi connectivity index (χ2v) is 5.38. The van der Waals surface area contributed by atoms with Gasteiger partial charge in [-0.2, -0.15) is 5.10 Å². The highest BCUT2D eigenvalue weighted by molar-refractivity contribution is 5.38. The van der Waals surface area contributed by atoms with E-state index < -0.39 is 0 Å². The first-order chi connectivity index (χ1) is 9.99. The van der Waals surface area contributed by atoms with Crippen molar-refractivity contribution in [3.05, 3.63) is 47.0 Å². The first-order valence-corrected chi connectivity index (χ1v) is 7.04. The molecule has 0 radical (unpaired) electrons. The van der Waals surface area contributed by atoms with Crippen LogP contribution in [0.4, 0.5) is 4.39 Å². The largest absolute Gasteiger partial charge is 0.493 e. The van der Waals surface area contributed by atoms with Gasteiger partial charge in [-0.25, -0.2) is 4.39 Å². The quantitative estimate of drug-likeness (QED) is 0.919. The summed E-state index contributed by atoms with van der Waals surface area (Å²) >= 11 is 0. The maximum Gasteiger partial charge on any atom is 0.161 e. The average molecular weight is 291 g/mol. The van der Waals surface area contributed by atoms with Gasteiger partial charge in [0.05, 0.1) is 19.3 Å². The monoisotopic (exact) mass is 291 g/mol. The van der Waals surface area contributed by atoms with Crippen molar-refractivity contribution in [1.29, 1.82) is 0 Å². The molecule has 5 heteroatoms. The standard InChI is InChI=1S/C16H22FN3O/c1-10(2)20-16(14(21-5)9-19-20)15(18-4)12-7-6-11(3)8-13(12)17/h6-10,15,18H,1-5H3. The van der Waals surface area contributed by atoms with Gasteiger partial charge in [0.15, 0.2) is 5.75 Å². The molecule has 1 N–H and O–H groups in total. The normalized spacial score (nSPS) is 12.7. The highest BCUT2D eigenvalue weighted by atomic mass is 19.1. The molecule has 0 saturated carbocycles. The molecule has 1 aromatic heterocycles. The fraction of sp³-hybridized carbons (Fsp3) is 0.438. The molecular weight excluding hydrogens is 269 g/mol. The maximum absolute atomic E-state index is 14.3. The van der Waals surface area contributed by atoms with Crippen molar-refractivity contribution in [3.63, 3.8) is 0 Å². The summed E-state index contributed by atoms with van der Waals surface area (Å²) in [5.74, 6) is 0.427. The molecule has 1 unspecified atom stereocenters. The van der Waals surface area contributed by atoms with Crippen LogP contribution >= 0.6 is 0 Å². The fourth-order valence-electron chi connectivity index (χ4n) is 2.50. The molecule has 0 aliphatic heterocycles. The van der Waals surface area contributed by atoms with Crippen molar-refractivity contribution >= 4 is 0 Å². The molecule has 114 valence electrons. The Morgan fingerprint density at radius 2 is 2.05 bits per heavy atom. The Bertz CT molecular complexity index is 622. The molecule has 0 fully saturated rings. The molecule has 0 aliphatic rings. The third kappa shape index (κ3) is 2.93. The molecule has 1 heterocycles. The Balaban J connectivity index is 2.58. The summed E-state index contributed by atoms with van der Waals surface area (Å²) in [4.78, 5) is 0. The summed E-state index contributed by atoms with van der Waals surface area (Å²) in [6, 6.07) is 5.11. The minimum absolute atomic E-state index is 0.160. The second-order valence-electron chi connectivity index (χ2n) is 5.38. The number of benzene rings is 1. The Hall–Kier alpha value is -1.88. The SMILES string of the molecule is CNC(c1ccc(C)cc1F)c1c(OC)cnn1C(C)C. The number of ether oxygens (including phenoxy) is 1. The van der Waals surface area contributed by atoms with Gasteiger partial charge < -0.3 is 10.1 Å². The Morgan fingerprint density at radius 3 is 2.57 bits per heavy atom. The third-order valence-electron chi connectivity index (χ3n) is 3.54. The van der Waals surface area contributed by atoms with Gasteiger partial charge in [-0.05, 0) is 39.4 Å². The van der Waals surface area contributed by atoms with Crippen LogP contribution in [0.1, 0.15) is 42.8 Å². The molecule has 0 bridgehead atoms. The van der Waals surface area contributed by atoms with E-state index >= 15 is 0 Å². The summed E-state index contributed by atoms with van der Waals surface area (Å²) in [6.45, 7) is 5.95. The van der Waals surface area contributed by atoms with Crippen molar-refractivity contribution in [1.82, 2.24) is 15.1 Å². The van der Waals surface area contributed by atoms with Crippen molar-refractivity contribution in [2.45, 2.75) is 32.9 Å². The van der Waals surface area contributed by atoms with Gasteiger partial charge in [-0.3, -0.25) is 4.68 Å². The Labute approximate surface area is 124 Å². The van der Waals surface area contributed by atoms with Gasteiger partial charge in [0.25, 0.3) is 0 Å². The average Bonchev–Trinajstić information content (AvgIpc) is 2.86. The van der Waals surface area contributed by atoms with Gasteiger partial charge >= 0.3 is 0 Å². The lowest BCUT2D eigenvalue weighted by Gasteiger charge is -2.22. The predicted octanol–water partition coefficient (Wildman–Crippen LogP) is 3.23. The molecule has 0 amide bonds. The lowest BCUT2D eigenvalue weighted by molar-refractivity contribution is 0.394. The van der Waals surface area contributed by atoms with Crippen LogP contribution in [0.25, 0.3) is 0 Å². The summed E-state index contributed by atoms with van der Waals surface area (Å²) in [5, 5.41) is 7.53. The van der Waals surface area contributed by atoms with E-state index in [1.807, 2.05) is 37.6 Å². The number of aryl methyl sites for hydroxylation is 1. The molecular formula is C16H22FN3O. The molecule has 2 aromatic rings. The number of halogens is 1. The number of hydrogen-bond donors (Lipinski definition) is 1. The number of methoxy groups -OCH3 is 1. The zero-order chi connectivity index (χ0) is 15.6. The zero-order valence-electron chi connectivity index (χ0n) is 13.1. The Morgan fingerprint density at radius 1 is 1.33 bits per heavy atom. The maximum atomic E-state index is 14.3. The first kappa shape index (κ1) is 15.5. The lowest BCUT2D eigenvalue weighted by atomic mass is 10.0. The van der Waals surface area contributed by atoms with Gasteiger partial charge in [0.2, 0.25) is 0 Å². The zero-order valence-corrected chi connectivity index (χ0v) is 13.1. The predicted molar refractivity (Wildman–Crippen MR) is 81.2 cm³/mol. The van der Waals surface area contributed by atoms with E-state index in [9.17, 15) is 4.39 Å². The van der Waals surface area contributed by atoms with Crippen LogP contribution in [0.15, 0.2) is 24.4 Å². The van der Waals surface area contributed by atoms with Gasteiger partial charge in [0, 0.05) is 11.6 Å². The summed E-state index contributed by atoms with van der Waals surface area (Å²) < 4.78 is 21.6. The van der Waals surface area contributed by atoms with E-state index in [-0.39, 0.29) is 17.9 Å². The van der Waals surface area contributed by atoms with Crippen molar-refractivity contribution in [2.24, 2.45) is 0 Å². The second kappa shape index (κ2) is 6.26. The highest BCUT2D eigenvalue weighted by Gasteiger charge is 2.25. The smallest absolute Gasteiger partial charge is 0.161 e. The number of aromatic nitrogens is 2. The minimum Gasteiger partial charge on any atom is -0.493 e. The Kier molecular flexibility index (Phi) is 4.63. The highest BCUT2D eigenvalue weighted by Crippen LogP contribution is 2.32. The molecule has 21 heavy (non-hydrogen) atoms. The first-order valence-electron chi connectivity index (χ1n) is 7.04. The molecule has 0 spiro atoms. The van der Waals surface area contributed by atoms with Gasteiger partial charge in [-0.15, -0.1) is 0 Å². The van der Waals surface area contributed by atoms with Crippen molar-refractivity contribution in [2.75, 3.05) is 14.2 Å². The van der Waals surface area contributed by atoms with Crippen LogP contribution in [-0.4, -0.2) is 23.9 Å². The summed E-state index contributed by atoms with van der Waals surface area (Å²) in [5.41, 5.74) is 2.32. The lowest BCUT2D eigenvalue weighted by Crippen LogP contribution is -2.24. The van der Waals surface area contributed by atoms with Crippen molar-refractivity contribution in [3.8, 4) is 5.75 Å². The van der Waals surface area contributed by atoms with Crippen LogP contribution in [-0.2, 0) is 0 Å². The van der Waals surface area contributed by atoms with Crippen LogP contribution < -0.4 is 10.1 Å². The van der Waals surface area contributed by atoms with Crippen LogP contribution in [0, 0.1) is 12.7 Å². The molecule has 1 atom stereocenters. The van der Waals surface area contributed by atoms with E-state index in [1.54, 1.807) is 26.4 Å². The van der Waals surface area contributed by atoms with E-state index in [1.165, 1.54) is 0 Å². The van der Waals surface area contributed by atoms with Crippen LogP contribution in [0.5, 0.6) is 5.75 Å². The number of nitrogens with one attached hydrogen (secondary N) is 1. The third-order valence-corrected chi connectivity index (χ3v) is 3.54. The number of hydrogen-bond acceptors (Lipinski definition) is 3. The topological polar surface area (TPSA) is 39.1 Å². The van der Waals surface area contributed by atoms with Gasteiger partial charge in [0.1, 0.15) is 11.5 Å². The molecule has 0 saturated heterocycles. The molecule has 0 aliphatic carbocycles. The van der Waals surface area contributed by atoms with E-state index in [0.717, 1.165) is 11.3 Å². The van der Waals surface area contributed by atoms with E-state index in [2.05, 4.69) is 10.4 Å².